The molecule has 0 aromatic carbocycles. The van der Waals surface area contributed by atoms with Crippen molar-refractivity contribution in [2.24, 2.45) is 5.41 Å². The number of thiophene rings is 1. The van der Waals surface area contributed by atoms with Gasteiger partial charge in [0.2, 0.25) is 0 Å². The number of alkyl halides is 1. The van der Waals surface area contributed by atoms with Crippen LogP contribution in [0.25, 0.3) is 0 Å². The molecule has 0 aliphatic carbocycles. The van der Waals surface area contributed by atoms with E-state index in [9.17, 15) is 4.79 Å². The van der Waals surface area contributed by atoms with E-state index in [1.165, 1.54) is 4.88 Å². The van der Waals surface area contributed by atoms with Crippen molar-refractivity contribution in [1.82, 2.24) is 5.32 Å². The van der Waals surface area contributed by atoms with E-state index in [-0.39, 0.29) is 17.4 Å². The summed E-state index contributed by atoms with van der Waals surface area (Å²) >= 11 is 7.38. The molecule has 1 amide bonds. The van der Waals surface area contributed by atoms with Gasteiger partial charge in [0.25, 0.3) is 5.91 Å². The number of rotatable bonds is 5. The number of carbonyl (C=O) groups is 1. The Balaban J connectivity index is 2.72. The number of aryl methyl sites for hydroxylation is 1. The minimum atomic E-state index is 0.0183. The average Bonchev–Trinajstić information content (AvgIpc) is 2.75. The summed E-state index contributed by atoms with van der Waals surface area (Å²) in [5, 5.41) is 3.10. The molecule has 0 fully saturated rings. The van der Waals surface area contributed by atoms with Crippen LogP contribution < -0.4 is 5.32 Å². The molecule has 0 aliphatic rings. The Bertz CT molecular complexity index is 395. The van der Waals surface area contributed by atoms with Gasteiger partial charge in [-0.3, -0.25) is 4.79 Å². The predicted octanol–water partition coefficient (Wildman–Crippen LogP) is 4.08. The zero-order chi connectivity index (χ0) is 13.8. The summed E-state index contributed by atoms with van der Waals surface area (Å²) in [5.41, 5.74) is 0.0232. The van der Waals surface area contributed by atoms with Crippen LogP contribution in [0.15, 0.2) is 12.1 Å². The van der Waals surface area contributed by atoms with E-state index >= 15 is 0 Å². The van der Waals surface area contributed by atoms with Crippen LogP contribution in [0, 0.1) is 5.41 Å². The second-order valence-corrected chi connectivity index (χ2v) is 7.04. The number of halogens is 1. The van der Waals surface area contributed by atoms with E-state index in [1.807, 2.05) is 12.1 Å². The maximum Gasteiger partial charge on any atom is 0.261 e. The minimum Gasteiger partial charge on any atom is -0.348 e. The van der Waals surface area contributed by atoms with Crippen molar-refractivity contribution in [3.05, 3.63) is 21.9 Å². The van der Waals surface area contributed by atoms with Crippen LogP contribution >= 0.6 is 22.9 Å². The maximum absolute atomic E-state index is 12.2. The van der Waals surface area contributed by atoms with Gasteiger partial charge in [-0.1, -0.05) is 27.7 Å². The van der Waals surface area contributed by atoms with Gasteiger partial charge in [-0.2, -0.15) is 0 Å². The topological polar surface area (TPSA) is 29.1 Å². The Morgan fingerprint density at radius 2 is 2.11 bits per heavy atom. The molecule has 1 heterocycles. The van der Waals surface area contributed by atoms with E-state index in [4.69, 9.17) is 11.6 Å². The normalized spacial score (nSPS) is 13.4. The molecule has 1 unspecified atom stereocenters. The summed E-state index contributed by atoms with van der Waals surface area (Å²) in [7, 11) is 0. The summed E-state index contributed by atoms with van der Waals surface area (Å²) in [6.45, 7) is 8.46. The van der Waals surface area contributed by atoms with E-state index in [1.54, 1.807) is 11.3 Å². The summed E-state index contributed by atoms with van der Waals surface area (Å²) < 4.78 is 0. The summed E-state index contributed by atoms with van der Waals surface area (Å²) in [6.07, 6.45) is 1.77. The van der Waals surface area contributed by atoms with Crippen LogP contribution in [0.2, 0.25) is 0 Å². The Morgan fingerprint density at radius 1 is 1.44 bits per heavy atom. The molecule has 1 aromatic heterocycles. The van der Waals surface area contributed by atoms with Gasteiger partial charge >= 0.3 is 0 Å². The van der Waals surface area contributed by atoms with Crippen molar-refractivity contribution in [2.75, 3.05) is 5.88 Å². The van der Waals surface area contributed by atoms with E-state index in [0.29, 0.717) is 5.88 Å². The first-order valence-corrected chi connectivity index (χ1v) is 7.69. The van der Waals surface area contributed by atoms with Crippen LogP contribution in [-0.2, 0) is 6.42 Å². The first kappa shape index (κ1) is 15.5. The van der Waals surface area contributed by atoms with Crippen molar-refractivity contribution in [3.8, 4) is 0 Å². The number of hydrogen-bond acceptors (Lipinski definition) is 2. The van der Waals surface area contributed by atoms with Crippen LogP contribution in [0.1, 0.15) is 48.7 Å². The van der Waals surface area contributed by atoms with Gasteiger partial charge in [0.15, 0.2) is 0 Å². The molecule has 1 rings (SSSR count). The van der Waals surface area contributed by atoms with E-state index in [0.717, 1.165) is 17.7 Å². The fourth-order valence-electron chi connectivity index (χ4n) is 1.75. The van der Waals surface area contributed by atoms with Crippen molar-refractivity contribution in [1.29, 1.82) is 0 Å². The van der Waals surface area contributed by atoms with Crippen LogP contribution in [0.3, 0.4) is 0 Å². The molecule has 1 atom stereocenters. The van der Waals surface area contributed by atoms with Crippen LogP contribution in [0.5, 0.6) is 0 Å². The zero-order valence-corrected chi connectivity index (χ0v) is 13.1. The van der Waals surface area contributed by atoms with E-state index < -0.39 is 0 Å². The van der Waals surface area contributed by atoms with Gasteiger partial charge in [-0.05, 0) is 30.4 Å². The Labute approximate surface area is 119 Å². The minimum absolute atomic E-state index is 0.0183. The molecule has 1 aromatic rings. The molecular formula is C14H22ClNOS. The molecule has 2 nitrogen and oxygen atoms in total. The van der Waals surface area contributed by atoms with Crippen LogP contribution in [-0.4, -0.2) is 17.8 Å². The lowest BCUT2D eigenvalue weighted by molar-refractivity contribution is 0.0904. The average molecular weight is 288 g/mol. The number of nitrogens with one attached hydrogen (secondary N) is 1. The SMILES string of the molecule is CCc1ccc(C(=O)NC(CCCl)C(C)(C)C)s1. The lowest BCUT2D eigenvalue weighted by Gasteiger charge is -2.30. The smallest absolute Gasteiger partial charge is 0.261 e. The quantitative estimate of drug-likeness (QED) is 0.812. The first-order valence-electron chi connectivity index (χ1n) is 6.34. The van der Waals surface area contributed by atoms with Gasteiger partial charge in [0.05, 0.1) is 4.88 Å². The third-order valence-corrected chi connectivity index (χ3v) is 4.43. The van der Waals surface area contributed by atoms with Crippen molar-refractivity contribution in [2.45, 2.75) is 46.6 Å². The van der Waals surface area contributed by atoms with E-state index in [2.05, 4.69) is 33.0 Å². The molecule has 18 heavy (non-hydrogen) atoms. The first-order chi connectivity index (χ1) is 8.38. The summed E-state index contributed by atoms with van der Waals surface area (Å²) in [6, 6.07) is 4.03. The monoisotopic (exact) mass is 287 g/mol. The molecule has 0 saturated carbocycles. The second-order valence-electron chi connectivity index (χ2n) is 5.49. The van der Waals surface area contributed by atoms with Gasteiger partial charge in [-0.25, -0.2) is 0 Å². The molecule has 4 heteroatoms. The molecule has 0 aliphatic heterocycles. The highest BCUT2D eigenvalue weighted by atomic mass is 35.5. The number of hydrogen-bond donors (Lipinski definition) is 1. The number of amides is 1. The Morgan fingerprint density at radius 3 is 2.56 bits per heavy atom. The molecule has 0 radical (unpaired) electrons. The van der Waals surface area contributed by atoms with Gasteiger partial charge in [0.1, 0.15) is 0 Å². The lowest BCUT2D eigenvalue weighted by atomic mass is 9.85. The highest BCUT2D eigenvalue weighted by Crippen LogP contribution is 2.24. The number of carbonyl (C=O) groups excluding carboxylic acids is 1. The fourth-order valence-corrected chi connectivity index (χ4v) is 2.82. The summed E-state index contributed by atoms with van der Waals surface area (Å²) in [5.74, 6) is 0.581. The van der Waals surface area contributed by atoms with Crippen molar-refractivity contribution >= 4 is 28.8 Å². The van der Waals surface area contributed by atoms with Gasteiger partial charge in [-0.15, -0.1) is 22.9 Å². The molecular weight excluding hydrogens is 266 g/mol. The molecule has 0 saturated heterocycles. The fraction of sp³-hybridized carbons (Fsp3) is 0.643. The lowest BCUT2D eigenvalue weighted by Crippen LogP contribution is -2.43. The highest BCUT2D eigenvalue weighted by Gasteiger charge is 2.26. The van der Waals surface area contributed by atoms with Crippen LogP contribution in [0.4, 0.5) is 0 Å². The molecule has 1 N–H and O–H groups in total. The third-order valence-electron chi connectivity index (χ3n) is 2.98. The Kier molecular flexibility index (Phi) is 5.67. The predicted molar refractivity (Wildman–Crippen MR) is 79.7 cm³/mol. The third kappa shape index (κ3) is 4.29. The summed E-state index contributed by atoms with van der Waals surface area (Å²) in [4.78, 5) is 14.2. The highest BCUT2D eigenvalue weighted by molar-refractivity contribution is 7.14. The standard InChI is InChI=1S/C14H22ClNOS/c1-5-10-6-7-11(18-10)13(17)16-12(8-9-15)14(2,3)4/h6-7,12H,5,8-9H2,1-4H3,(H,16,17). The largest absolute Gasteiger partial charge is 0.348 e. The maximum atomic E-state index is 12.2. The van der Waals surface area contributed by atoms with Crippen molar-refractivity contribution in [3.63, 3.8) is 0 Å². The molecule has 0 spiro atoms. The Hall–Kier alpha value is -0.540. The van der Waals surface area contributed by atoms with Crippen molar-refractivity contribution < 1.29 is 4.79 Å². The zero-order valence-electron chi connectivity index (χ0n) is 11.5. The second kappa shape index (κ2) is 6.58. The van der Waals surface area contributed by atoms with Gasteiger partial charge in [0, 0.05) is 16.8 Å². The molecule has 0 bridgehead atoms. The van der Waals surface area contributed by atoms with Gasteiger partial charge < -0.3 is 5.32 Å². The molecule has 102 valence electrons.